The number of ether oxygens (including phenoxy) is 1. The number of nitrogens with one attached hydrogen (secondary N) is 3. The molecule has 3 aliphatic rings. The van der Waals surface area contributed by atoms with E-state index in [-0.39, 0.29) is 71.8 Å². The molecule has 64 heavy (non-hydrogen) atoms. The first kappa shape index (κ1) is 43.5. The number of ketones is 1. The maximum atomic E-state index is 15.6. The van der Waals surface area contributed by atoms with Crippen molar-refractivity contribution in [1.82, 2.24) is 34.4 Å². The van der Waals surface area contributed by atoms with Crippen molar-refractivity contribution in [3.8, 4) is 16.9 Å². The van der Waals surface area contributed by atoms with Gasteiger partial charge in [0.25, 0.3) is 11.8 Å². The number of H-pyrrole nitrogens is 1. The van der Waals surface area contributed by atoms with Crippen molar-refractivity contribution in [2.45, 2.75) is 38.6 Å². The number of rotatable bonds is 14. The molecule has 0 aliphatic carbocycles. The summed E-state index contributed by atoms with van der Waals surface area (Å²) < 4.78 is 64.6. The Labute approximate surface area is 364 Å². The van der Waals surface area contributed by atoms with Crippen molar-refractivity contribution >= 4 is 68.1 Å². The second-order valence-electron chi connectivity index (χ2n) is 15.3. The van der Waals surface area contributed by atoms with Crippen LogP contribution in [0.25, 0.3) is 22.2 Å². The van der Waals surface area contributed by atoms with Crippen LogP contribution in [0.4, 0.5) is 20.3 Å². The van der Waals surface area contributed by atoms with Crippen LogP contribution in [-0.4, -0.2) is 125 Å². The number of piperazine rings is 1. The molecule has 18 nitrogen and oxygen atoms in total. The molecule has 3 aliphatic heterocycles. The molecular formula is C43H41F2N9O9S. The molecule has 2 aromatic carbocycles. The maximum Gasteiger partial charge on any atom is 0.301 e. The number of nitrogens with zero attached hydrogens (tertiary/aromatic N) is 6. The standard InChI is InChI=1S/C43H41F2N9O9S/c1-3-51(2)64(61,62)50-30-11-10-29(44)37(38(30)45)39(57)28-23-48-40-27(28)20-25(22-47-40)24-9-13-33(46-21-24)52-15-17-53(18-16-52)35(56)8-5-19-63-32-7-4-6-26-36(32)43(60)54(42(26)59)31-12-14-34(55)49-41(31)58/h4,6-7,9-11,13,20-23,31,50H,3,5,8,12,14-19H2,1-2H3,(H,47,48)(H,49,55,58). The molecule has 0 saturated carbocycles. The molecule has 8 rings (SSSR count). The monoisotopic (exact) mass is 897 g/mol. The number of carbonyl (C=O) groups is 6. The van der Waals surface area contributed by atoms with Gasteiger partial charge in [0.2, 0.25) is 23.5 Å². The van der Waals surface area contributed by atoms with Gasteiger partial charge in [0.15, 0.2) is 5.82 Å². The number of carbonyl (C=O) groups excluding carboxylic acids is 6. The van der Waals surface area contributed by atoms with Gasteiger partial charge in [0.05, 0.1) is 29.0 Å². The number of aromatic nitrogens is 3. The Hall–Kier alpha value is -7.13. The van der Waals surface area contributed by atoms with Gasteiger partial charge < -0.3 is 19.5 Å². The number of amides is 5. The van der Waals surface area contributed by atoms with Crippen LogP contribution < -0.4 is 19.7 Å². The van der Waals surface area contributed by atoms with Crippen LogP contribution in [0.15, 0.2) is 67.1 Å². The fraction of sp³-hybridized carbons (Fsp3) is 0.302. The van der Waals surface area contributed by atoms with Gasteiger partial charge in [-0.15, -0.1) is 0 Å². The zero-order chi connectivity index (χ0) is 45.4. The van der Waals surface area contributed by atoms with Crippen LogP contribution in [0.1, 0.15) is 69.2 Å². The van der Waals surface area contributed by atoms with Crippen LogP contribution >= 0.6 is 0 Å². The first-order chi connectivity index (χ1) is 30.7. The summed E-state index contributed by atoms with van der Waals surface area (Å²) in [6.07, 6.45) is 5.04. The third kappa shape index (κ3) is 8.26. The van der Waals surface area contributed by atoms with Gasteiger partial charge >= 0.3 is 10.2 Å². The Morgan fingerprint density at radius 3 is 2.45 bits per heavy atom. The van der Waals surface area contributed by atoms with E-state index in [0.717, 1.165) is 21.3 Å². The van der Waals surface area contributed by atoms with E-state index in [2.05, 4.69) is 25.0 Å². The van der Waals surface area contributed by atoms with Crippen molar-refractivity contribution in [1.29, 1.82) is 0 Å². The SMILES string of the molecule is CCN(C)S(=O)(=O)Nc1ccc(F)c(C(=O)c2c[nH]c3ncc(-c4ccc(N5CCN(C(=O)CCCOc6cccc7c6C(=O)N(C6CCC(=O)NC6=O)C7=O)CC5)nc4)cc23)c1F. The van der Waals surface area contributed by atoms with Gasteiger partial charge in [-0.2, -0.15) is 12.7 Å². The third-order valence-electron chi connectivity index (χ3n) is 11.4. The van der Waals surface area contributed by atoms with Crippen molar-refractivity contribution in [2.75, 3.05) is 56.0 Å². The van der Waals surface area contributed by atoms with E-state index in [0.29, 0.717) is 49.5 Å². The Bertz CT molecular complexity index is 2850. The highest BCUT2D eigenvalue weighted by molar-refractivity contribution is 7.90. The molecule has 6 heterocycles. The van der Waals surface area contributed by atoms with Crippen molar-refractivity contribution < 1.29 is 50.7 Å². The first-order valence-corrected chi connectivity index (χ1v) is 21.8. The average Bonchev–Trinajstić information content (AvgIpc) is 3.83. The van der Waals surface area contributed by atoms with Crippen molar-refractivity contribution in [2.24, 2.45) is 0 Å². The summed E-state index contributed by atoms with van der Waals surface area (Å²) in [6, 6.07) is 10.5. The van der Waals surface area contributed by atoms with Crippen LogP contribution in [-0.2, 0) is 24.6 Å². The van der Waals surface area contributed by atoms with E-state index in [1.54, 1.807) is 42.4 Å². The highest BCUT2D eigenvalue weighted by Crippen LogP contribution is 2.34. The predicted octanol–water partition coefficient (Wildman–Crippen LogP) is 3.65. The molecule has 5 amide bonds. The molecular weight excluding hydrogens is 857 g/mol. The number of benzene rings is 2. The van der Waals surface area contributed by atoms with Crippen molar-refractivity contribution in [3.63, 3.8) is 0 Å². The lowest BCUT2D eigenvalue weighted by molar-refractivity contribution is -0.136. The van der Waals surface area contributed by atoms with E-state index < -0.39 is 68.5 Å². The average molecular weight is 898 g/mol. The second-order valence-corrected chi connectivity index (χ2v) is 17.1. The minimum Gasteiger partial charge on any atom is -0.493 e. The van der Waals surface area contributed by atoms with E-state index in [1.807, 2.05) is 17.0 Å². The lowest BCUT2D eigenvalue weighted by atomic mass is 10.00. The highest BCUT2D eigenvalue weighted by Gasteiger charge is 2.46. The predicted molar refractivity (Wildman–Crippen MR) is 227 cm³/mol. The number of halogens is 2. The number of hydrogen-bond donors (Lipinski definition) is 3. The molecule has 5 aromatic rings. The molecule has 3 aromatic heterocycles. The molecule has 332 valence electrons. The third-order valence-corrected chi connectivity index (χ3v) is 13.0. The molecule has 1 atom stereocenters. The first-order valence-electron chi connectivity index (χ1n) is 20.4. The van der Waals surface area contributed by atoms with Gasteiger partial charge in [-0.1, -0.05) is 13.0 Å². The van der Waals surface area contributed by atoms with Gasteiger partial charge in [0.1, 0.15) is 29.1 Å². The molecule has 0 bridgehead atoms. The zero-order valence-corrected chi connectivity index (χ0v) is 35.3. The summed E-state index contributed by atoms with van der Waals surface area (Å²) in [5, 5.41) is 2.45. The van der Waals surface area contributed by atoms with Gasteiger partial charge in [0, 0.05) is 93.3 Å². The van der Waals surface area contributed by atoms with E-state index in [9.17, 15) is 37.2 Å². The summed E-state index contributed by atoms with van der Waals surface area (Å²) >= 11 is 0. The summed E-state index contributed by atoms with van der Waals surface area (Å²) in [7, 11) is -2.88. The van der Waals surface area contributed by atoms with Crippen LogP contribution in [0.3, 0.4) is 0 Å². The van der Waals surface area contributed by atoms with E-state index >= 15 is 8.78 Å². The number of fused-ring (bicyclic) bond motifs is 2. The molecule has 21 heteroatoms. The quantitative estimate of drug-likeness (QED) is 0.0826. The Balaban J connectivity index is 0.854. The molecule has 3 N–H and O–H groups in total. The van der Waals surface area contributed by atoms with Gasteiger partial charge in [-0.3, -0.25) is 43.7 Å². The molecule has 1 unspecified atom stereocenters. The number of anilines is 2. The summed E-state index contributed by atoms with van der Waals surface area (Å²) in [5.74, 6) is -5.26. The van der Waals surface area contributed by atoms with Crippen LogP contribution in [0.5, 0.6) is 5.75 Å². The fourth-order valence-electron chi connectivity index (χ4n) is 7.81. The number of imide groups is 2. The van der Waals surface area contributed by atoms with Gasteiger partial charge in [-0.05, 0) is 55.3 Å². The van der Waals surface area contributed by atoms with Crippen LogP contribution in [0, 0.1) is 11.6 Å². The Morgan fingerprint density at radius 2 is 1.73 bits per heavy atom. The van der Waals surface area contributed by atoms with E-state index in [1.165, 1.54) is 19.3 Å². The number of hydrogen-bond acceptors (Lipinski definition) is 12. The lowest BCUT2D eigenvalue weighted by Gasteiger charge is -2.35. The largest absolute Gasteiger partial charge is 0.493 e. The number of piperidine rings is 1. The van der Waals surface area contributed by atoms with Gasteiger partial charge in [-0.25, -0.2) is 18.7 Å². The topological polar surface area (TPSA) is 224 Å². The zero-order valence-electron chi connectivity index (χ0n) is 34.5. The van der Waals surface area contributed by atoms with Crippen LogP contribution in [0.2, 0.25) is 0 Å². The Morgan fingerprint density at radius 1 is 0.969 bits per heavy atom. The van der Waals surface area contributed by atoms with Crippen molar-refractivity contribution in [3.05, 3.63) is 101 Å². The number of pyridine rings is 2. The second kappa shape index (κ2) is 17.6. The Kier molecular flexibility index (Phi) is 11.9. The molecule has 2 saturated heterocycles. The summed E-state index contributed by atoms with van der Waals surface area (Å²) in [5.41, 5.74) is 0.0510. The maximum absolute atomic E-state index is 15.6. The lowest BCUT2D eigenvalue weighted by Crippen LogP contribution is -2.54. The summed E-state index contributed by atoms with van der Waals surface area (Å²) in [6.45, 7) is 3.67. The fourth-order valence-corrected chi connectivity index (χ4v) is 8.74. The number of aromatic amines is 1. The molecule has 0 radical (unpaired) electrons. The molecule has 0 spiro atoms. The van der Waals surface area contributed by atoms with E-state index in [4.69, 9.17) is 4.74 Å². The minimum absolute atomic E-state index is 0.00662. The summed E-state index contributed by atoms with van der Waals surface area (Å²) in [4.78, 5) is 93.8. The molecule has 2 fully saturated rings. The normalized spacial score (nSPS) is 16.7. The smallest absolute Gasteiger partial charge is 0.301 e. The minimum atomic E-state index is -4.17. The highest BCUT2D eigenvalue weighted by atomic mass is 32.2.